The van der Waals surface area contributed by atoms with Crippen LogP contribution >= 0.6 is 0 Å². The quantitative estimate of drug-likeness (QED) is 0.652. The molecule has 0 aromatic heterocycles. The highest BCUT2D eigenvalue weighted by Gasteiger charge is 2.20. The van der Waals surface area contributed by atoms with Crippen LogP contribution in [0.1, 0.15) is 58.4 Å². The topological polar surface area (TPSA) is 78.4 Å². The summed E-state index contributed by atoms with van der Waals surface area (Å²) in [7, 11) is 0. The molecular formula is C18H28N2O3. The van der Waals surface area contributed by atoms with Crippen molar-refractivity contribution in [1.29, 1.82) is 0 Å². The van der Waals surface area contributed by atoms with Crippen LogP contribution in [0.15, 0.2) is 24.3 Å². The Bertz CT molecular complexity index is 529. The minimum absolute atomic E-state index is 0.112. The number of nitrogens with one attached hydrogen (secondary N) is 2. The molecular weight excluding hydrogens is 292 g/mol. The molecule has 3 N–H and O–H groups in total. The second-order valence-electron chi connectivity index (χ2n) is 6.24. The zero-order valence-electron chi connectivity index (χ0n) is 14.4. The maximum atomic E-state index is 12.2. The van der Waals surface area contributed by atoms with E-state index in [4.69, 9.17) is 5.11 Å². The van der Waals surface area contributed by atoms with Crippen molar-refractivity contribution in [3.63, 3.8) is 0 Å². The average Bonchev–Trinajstić information content (AvgIpc) is 2.46. The number of rotatable bonds is 9. The minimum atomic E-state index is -0.871. The van der Waals surface area contributed by atoms with Gasteiger partial charge in [-0.25, -0.2) is 0 Å². The summed E-state index contributed by atoms with van der Waals surface area (Å²) in [5.74, 6) is -0.661. The van der Waals surface area contributed by atoms with E-state index in [1.165, 1.54) is 0 Å². The van der Waals surface area contributed by atoms with Gasteiger partial charge < -0.3 is 15.7 Å². The Morgan fingerprint density at radius 3 is 2.39 bits per heavy atom. The van der Waals surface area contributed by atoms with Gasteiger partial charge in [-0.05, 0) is 30.9 Å². The summed E-state index contributed by atoms with van der Waals surface area (Å²) in [6.07, 6.45) is 1.57. The molecule has 1 rings (SSSR count). The molecule has 2 unspecified atom stereocenters. The van der Waals surface area contributed by atoms with Crippen LogP contribution in [0.2, 0.25) is 0 Å². The molecule has 0 radical (unpaired) electrons. The molecule has 0 aliphatic heterocycles. The van der Waals surface area contributed by atoms with E-state index in [0.29, 0.717) is 12.3 Å². The summed E-state index contributed by atoms with van der Waals surface area (Å²) >= 11 is 0. The molecule has 2 atom stereocenters. The molecule has 0 saturated carbocycles. The average molecular weight is 320 g/mol. The molecule has 1 aromatic carbocycles. The number of carboxylic acids is 1. The van der Waals surface area contributed by atoms with Gasteiger partial charge in [-0.15, -0.1) is 0 Å². The lowest BCUT2D eigenvalue weighted by atomic mass is 10.0. The van der Waals surface area contributed by atoms with Crippen LogP contribution in [0.3, 0.4) is 0 Å². The van der Waals surface area contributed by atoms with Crippen molar-refractivity contribution in [1.82, 2.24) is 5.32 Å². The SMILES string of the molecule is CCCC(NC(C)CC(=O)Nc1ccccc1C(C)C)C(=O)O. The molecule has 1 aromatic rings. The summed E-state index contributed by atoms with van der Waals surface area (Å²) in [4.78, 5) is 23.4. The maximum absolute atomic E-state index is 12.2. The van der Waals surface area contributed by atoms with Crippen LogP contribution in [-0.4, -0.2) is 29.1 Å². The highest BCUT2D eigenvalue weighted by Crippen LogP contribution is 2.23. The van der Waals surface area contributed by atoms with Crippen molar-refractivity contribution in [2.45, 2.75) is 65.0 Å². The summed E-state index contributed by atoms with van der Waals surface area (Å²) < 4.78 is 0. The zero-order chi connectivity index (χ0) is 17.4. The van der Waals surface area contributed by atoms with Crippen LogP contribution in [0.25, 0.3) is 0 Å². The number of carbonyl (C=O) groups excluding carboxylic acids is 1. The third kappa shape index (κ3) is 6.40. The third-order valence-electron chi connectivity index (χ3n) is 3.71. The van der Waals surface area contributed by atoms with Crippen molar-refractivity contribution in [3.8, 4) is 0 Å². The first-order chi connectivity index (χ1) is 10.8. The standard InChI is InChI=1S/C18H28N2O3/c1-5-8-16(18(22)23)19-13(4)11-17(21)20-15-10-7-6-9-14(15)12(2)3/h6-7,9-10,12-13,16,19H,5,8,11H2,1-4H3,(H,20,21)(H,22,23). The monoisotopic (exact) mass is 320 g/mol. The van der Waals surface area contributed by atoms with Gasteiger partial charge in [-0.3, -0.25) is 9.59 Å². The van der Waals surface area contributed by atoms with Crippen molar-refractivity contribution in [2.75, 3.05) is 5.32 Å². The first-order valence-electron chi connectivity index (χ1n) is 8.22. The van der Waals surface area contributed by atoms with Gasteiger partial charge in [-0.2, -0.15) is 0 Å². The number of hydrogen-bond donors (Lipinski definition) is 3. The Kier molecular flexibility index (Phi) is 7.75. The van der Waals surface area contributed by atoms with Crippen LogP contribution in [-0.2, 0) is 9.59 Å². The van der Waals surface area contributed by atoms with Crippen LogP contribution in [0.4, 0.5) is 5.69 Å². The van der Waals surface area contributed by atoms with Gasteiger partial charge in [0.05, 0.1) is 0 Å². The number of para-hydroxylation sites is 1. The van der Waals surface area contributed by atoms with E-state index >= 15 is 0 Å². The lowest BCUT2D eigenvalue weighted by Gasteiger charge is -2.20. The van der Waals surface area contributed by atoms with Gasteiger partial charge in [0.2, 0.25) is 5.91 Å². The molecule has 0 heterocycles. The summed E-state index contributed by atoms with van der Waals surface area (Å²) in [6.45, 7) is 7.94. The second-order valence-corrected chi connectivity index (χ2v) is 6.24. The van der Waals surface area contributed by atoms with Crippen LogP contribution in [0.5, 0.6) is 0 Å². The van der Waals surface area contributed by atoms with Crippen molar-refractivity contribution >= 4 is 17.6 Å². The number of hydrogen-bond acceptors (Lipinski definition) is 3. The Labute approximate surface area is 138 Å². The van der Waals surface area contributed by atoms with E-state index in [1.807, 2.05) is 38.1 Å². The van der Waals surface area contributed by atoms with Crippen molar-refractivity contribution < 1.29 is 14.7 Å². The van der Waals surface area contributed by atoms with E-state index in [0.717, 1.165) is 17.7 Å². The fourth-order valence-corrected chi connectivity index (χ4v) is 2.56. The predicted octanol–water partition coefficient (Wildman–Crippen LogP) is 3.37. The minimum Gasteiger partial charge on any atom is -0.480 e. The molecule has 0 spiro atoms. The Morgan fingerprint density at radius 1 is 1.17 bits per heavy atom. The molecule has 23 heavy (non-hydrogen) atoms. The van der Waals surface area contributed by atoms with Gasteiger partial charge >= 0.3 is 5.97 Å². The molecule has 0 bridgehead atoms. The van der Waals surface area contributed by atoms with Gasteiger partial charge in [0.1, 0.15) is 6.04 Å². The molecule has 5 nitrogen and oxygen atoms in total. The zero-order valence-corrected chi connectivity index (χ0v) is 14.4. The summed E-state index contributed by atoms with van der Waals surface area (Å²) in [5, 5.41) is 15.1. The normalized spacial score (nSPS) is 13.6. The van der Waals surface area contributed by atoms with Gasteiger partial charge in [0.25, 0.3) is 0 Å². The van der Waals surface area contributed by atoms with Gasteiger partial charge in [0.15, 0.2) is 0 Å². The number of anilines is 1. The molecule has 0 fully saturated rings. The van der Waals surface area contributed by atoms with Gasteiger partial charge in [-0.1, -0.05) is 45.4 Å². The molecule has 0 aliphatic rings. The third-order valence-corrected chi connectivity index (χ3v) is 3.71. The van der Waals surface area contributed by atoms with E-state index in [9.17, 15) is 9.59 Å². The van der Waals surface area contributed by atoms with E-state index in [2.05, 4.69) is 24.5 Å². The van der Waals surface area contributed by atoms with E-state index < -0.39 is 12.0 Å². The van der Waals surface area contributed by atoms with Gasteiger partial charge in [0, 0.05) is 18.2 Å². The number of benzene rings is 1. The lowest BCUT2D eigenvalue weighted by Crippen LogP contribution is -2.43. The first kappa shape index (κ1) is 19.2. The van der Waals surface area contributed by atoms with Crippen molar-refractivity contribution in [2.24, 2.45) is 0 Å². The highest BCUT2D eigenvalue weighted by molar-refractivity contribution is 5.92. The Morgan fingerprint density at radius 2 is 1.83 bits per heavy atom. The van der Waals surface area contributed by atoms with Crippen LogP contribution in [0, 0.1) is 0 Å². The van der Waals surface area contributed by atoms with E-state index in [1.54, 1.807) is 0 Å². The first-order valence-corrected chi connectivity index (χ1v) is 8.22. The van der Waals surface area contributed by atoms with E-state index in [-0.39, 0.29) is 18.4 Å². The number of aliphatic carboxylic acids is 1. The lowest BCUT2D eigenvalue weighted by molar-refractivity contribution is -0.140. The molecule has 0 saturated heterocycles. The summed E-state index contributed by atoms with van der Waals surface area (Å²) in [5.41, 5.74) is 1.92. The number of carbonyl (C=O) groups is 2. The fourth-order valence-electron chi connectivity index (χ4n) is 2.56. The Hall–Kier alpha value is -1.88. The molecule has 1 amide bonds. The maximum Gasteiger partial charge on any atom is 0.320 e. The smallest absolute Gasteiger partial charge is 0.320 e. The summed E-state index contributed by atoms with van der Waals surface area (Å²) in [6, 6.07) is 6.94. The molecule has 0 aliphatic carbocycles. The number of amides is 1. The van der Waals surface area contributed by atoms with Crippen LogP contribution < -0.4 is 10.6 Å². The predicted molar refractivity (Wildman–Crippen MR) is 92.7 cm³/mol. The second kappa shape index (κ2) is 9.30. The molecule has 5 heteroatoms. The number of carboxylic acid groups (broad SMARTS) is 1. The Balaban J connectivity index is 2.61. The highest BCUT2D eigenvalue weighted by atomic mass is 16.4. The fraction of sp³-hybridized carbons (Fsp3) is 0.556. The van der Waals surface area contributed by atoms with Crippen molar-refractivity contribution in [3.05, 3.63) is 29.8 Å². The largest absolute Gasteiger partial charge is 0.480 e. The molecule has 128 valence electrons.